The van der Waals surface area contributed by atoms with Crippen LogP contribution in [0.3, 0.4) is 0 Å². The Bertz CT molecular complexity index is 3110. The van der Waals surface area contributed by atoms with Crippen LogP contribution in [0.15, 0.2) is 176 Å². The lowest BCUT2D eigenvalue weighted by atomic mass is 9.86. The largest absolute Gasteiger partial charge is 0.309 e. The Morgan fingerprint density at radius 1 is 0.367 bits per heavy atom. The van der Waals surface area contributed by atoms with Gasteiger partial charge in [0.25, 0.3) is 0 Å². The van der Waals surface area contributed by atoms with E-state index < -0.39 is 0 Å². The number of benzene rings is 8. The van der Waals surface area contributed by atoms with Crippen LogP contribution >= 0.6 is 0 Å². The SMILES string of the molecule is CC(C)(C)c1ccc2c(c1)c1ccc(-c3ccccc3)cc1n2-c1cccc(-n2c3ccc(C(C)(C)C)cc3c3ccc(-c4ccccc4)cc32)c1-c1ccc(C#N)cc1. The Morgan fingerprint density at radius 3 is 1.22 bits per heavy atom. The molecule has 10 rings (SSSR count). The van der Waals surface area contributed by atoms with Crippen molar-refractivity contribution in [3.63, 3.8) is 0 Å². The Kier molecular flexibility index (Phi) is 8.67. The molecule has 3 nitrogen and oxygen atoms in total. The lowest BCUT2D eigenvalue weighted by Gasteiger charge is -2.22. The topological polar surface area (TPSA) is 33.6 Å². The smallest absolute Gasteiger partial charge is 0.0991 e. The second kappa shape index (κ2) is 14.0. The van der Waals surface area contributed by atoms with Gasteiger partial charge in [-0.2, -0.15) is 5.26 Å². The van der Waals surface area contributed by atoms with Crippen molar-refractivity contribution in [1.82, 2.24) is 9.13 Å². The van der Waals surface area contributed by atoms with Crippen LogP contribution in [0, 0.1) is 11.3 Å². The Hall–Kier alpha value is -7.15. The van der Waals surface area contributed by atoms with Crippen LogP contribution < -0.4 is 0 Å². The number of hydrogen-bond donors (Lipinski definition) is 0. The molecule has 0 radical (unpaired) electrons. The third-order valence-corrected chi connectivity index (χ3v) is 12.3. The van der Waals surface area contributed by atoms with Gasteiger partial charge in [0, 0.05) is 27.1 Å². The minimum Gasteiger partial charge on any atom is -0.309 e. The van der Waals surface area contributed by atoms with Crippen LogP contribution in [-0.4, -0.2) is 9.13 Å². The molecule has 3 heteroatoms. The molecule has 290 valence electrons. The monoisotopic (exact) mass is 773 g/mol. The van der Waals surface area contributed by atoms with Crippen molar-refractivity contribution in [3.8, 4) is 50.8 Å². The minimum atomic E-state index is -0.0118. The first-order valence-corrected chi connectivity index (χ1v) is 20.9. The van der Waals surface area contributed by atoms with Crippen molar-refractivity contribution >= 4 is 43.6 Å². The van der Waals surface area contributed by atoms with Gasteiger partial charge in [0.05, 0.1) is 45.1 Å². The third kappa shape index (κ3) is 6.19. The highest BCUT2D eigenvalue weighted by Gasteiger charge is 2.25. The molecule has 10 aromatic rings. The maximum atomic E-state index is 9.92. The predicted octanol–water partition coefficient (Wildman–Crippen LogP) is 15.3. The molecule has 0 spiro atoms. The molecule has 2 aromatic heterocycles. The van der Waals surface area contributed by atoms with Crippen molar-refractivity contribution < 1.29 is 0 Å². The van der Waals surface area contributed by atoms with E-state index in [9.17, 15) is 5.26 Å². The first-order chi connectivity index (χ1) is 29.0. The van der Waals surface area contributed by atoms with Crippen LogP contribution in [0.4, 0.5) is 0 Å². The number of fused-ring (bicyclic) bond motifs is 6. The van der Waals surface area contributed by atoms with Crippen LogP contribution in [0.5, 0.6) is 0 Å². The molecule has 0 aliphatic heterocycles. The van der Waals surface area contributed by atoms with E-state index in [1.165, 1.54) is 54.9 Å². The zero-order valence-corrected chi connectivity index (χ0v) is 35.1. The fourth-order valence-electron chi connectivity index (χ4n) is 9.02. The number of nitriles is 1. The van der Waals surface area contributed by atoms with Crippen LogP contribution in [0.25, 0.3) is 88.4 Å². The van der Waals surface area contributed by atoms with Gasteiger partial charge in [-0.15, -0.1) is 0 Å². The van der Waals surface area contributed by atoms with E-state index in [1.807, 2.05) is 12.1 Å². The summed E-state index contributed by atoms with van der Waals surface area (Å²) in [4.78, 5) is 0. The summed E-state index contributed by atoms with van der Waals surface area (Å²) in [6.45, 7) is 13.7. The van der Waals surface area contributed by atoms with Gasteiger partial charge in [-0.1, -0.05) is 157 Å². The van der Waals surface area contributed by atoms with Crippen LogP contribution in [-0.2, 0) is 10.8 Å². The highest BCUT2D eigenvalue weighted by molar-refractivity contribution is 6.13. The summed E-state index contributed by atoms with van der Waals surface area (Å²) in [6.07, 6.45) is 0. The summed E-state index contributed by atoms with van der Waals surface area (Å²) in [5.41, 5.74) is 16.8. The van der Waals surface area contributed by atoms with E-state index >= 15 is 0 Å². The molecule has 8 aromatic carbocycles. The van der Waals surface area contributed by atoms with E-state index in [0.29, 0.717) is 5.56 Å². The maximum absolute atomic E-state index is 9.92. The fourth-order valence-corrected chi connectivity index (χ4v) is 9.02. The van der Waals surface area contributed by atoms with Gasteiger partial charge in [-0.3, -0.25) is 0 Å². The molecule has 0 unspecified atom stereocenters. The number of nitrogens with zero attached hydrogens (tertiary/aromatic N) is 3. The van der Waals surface area contributed by atoms with E-state index in [4.69, 9.17) is 0 Å². The summed E-state index contributed by atoms with van der Waals surface area (Å²) in [6, 6.07) is 66.4. The quantitative estimate of drug-likeness (QED) is 0.171. The van der Waals surface area contributed by atoms with E-state index in [-0.39, 0.29) is 10.8 Å². The van der Waals surface area contributed by atoms with E-state index in [2.05, 4.69) is 221 Å². The van der Waals surface area contributed by atoms with Gasteiger partial charge in [0.15, 0.2) is 0 Å². The van der Waals surface area contributed by atoms with Crippen LogP contribution in [0.1, 0.15) is 58.2 Å². The summed E-state index contributed by atoms with van der Waals surface area (Å²) >= 11 is 0. The molecule has 0 fully saturated rings. The second-order valence-corrected chi connectivity index (χ2v) is 18.2. The van der Waals surface area contributed by atoms with Gasteiger partial charge in [-0.05, 0) is 110 Å². The molecule has 0 atom stereocenters. The molecule has 0 saturated heterocycles. The summed E-state index contributed by atoms with van der Waals surface area (Å²) < 4.78 is 4.95. The number of rotatable bonds is 5. The zero-order chi connectivity index (χ0) is 41.3. The predicted molar refractivity (Wildman–Crippen MR) is 254 cm³/mol. The molecule has 2 heterocycles. The molecular formula is C57H47N3. The number of hydrogen-bond acceptors (Lipinski definition) is 1. The Morgan fingerprint density at radius 2 is 0.800 bits per heavy atom. The number of aromatic nitrogens is 2. The van der Waals surface area contributed by atoms with Crippen molar-refractivity contribution in [2.24, 2.45) is 0 Å². The third-order valence-electron chi connectivity index (χ3n) is 12.3. The van der Waals surface area contributed by atoms with Crippen molar-refractivity contribution in [2.45, 2.75) is 52.4 Å². The Labute approximate surface area is 352 Å². The van der Waals surface area contributed by atoms with Gasteiger partial charge >= 0.3 is 0 Å². The van der Waals surface area contributed by atoms with Gasteiger partial charge < -0.3 is 9.13 Å². The molecule has 60 heavy (non-hydrogen) atoms. The standard InChI is InChI=1S/C57H47N3/c1-56(2,3)43-26-30-49-47(34-43)45-28-24-41(38-14-9-7-10-15-38)32-53(45)59(49)51-18-13-19-52(55(51)40-22-20-37(36-58)21-23-40)60-50-31-27-44(57(4,5)6)35-48(50)46-29-25-42(33-54(46)60)39-16-11-8-12-17-39/h7-35H,1-6H3. The Balaban J connectivity index is 1.35. The fraction of sp³-hybridized carbons (Fsp3) is 0.140. The van der Waals surface area contributed by atoms with Gasteiger partial charge in [0.1, 0.15) is 0 Å². The first kappa shape index (κ1) is 37.1. The lowest BCUT2D eigenvalue weighted by Crippen LogP contribution is -2.10. The zero-order valence-electron chi connectivity index (χ0n) is 35.1. The minimum absolute atomic E-state index is 0.0118. The van der Waals surface area contributed by atoms with Gasteiger partial charge in [0.2, 0.25) is 0 Å². The van der Waals surface area contributed by atoms with E-state index in [1.54, 1.807) is 0 Å². The first-order valence-electron chi connectivity index (χ1n) is 20.9. The average Bonchev–Trinajstić information content (AvgIpc) is 3.77. The van der Waals surface area contributed by atoms with Crippen molar-refractivity contribution in [3.05, 3.63) is 193 Å². The molecule has 0 aliphatic carbocycles. The van der Waals surface area contributed by atoms with Crippen molar-refractivity contribution in [2.75, 3.05) is 0 Å². The highest BCUT2D eigenvalue weighted by Crippen LogP contribution is 2.44. The molecule has 0 N–H and O–H groups in total. The highest BCUT2D eigenvalue weighted by atomic mass is 15.0. The summed E-state index contributed by atoms with van der Waals surface area (Å²) in [5.74, 6) is 0. The molecule has 0 bridgehead atoms. The van der Waals surface area contributed by atoms with E-state index in [0.717, 1.165) is 44.6 Å². The molecule has 0 aliphatic rings. The maximum Gasteiger partial charge on any atom is 0.0991 e. The lowest BCUT2D eigenvalue weighted by molar-refractivity contribution is 0.591. The normalized spacial score (nSPS) is 12.2. The van der Waals surface area contributed by atoms with Gasteiger partial charge in [-0.25, -0.2) is 0 Å². The van der Waals surface area contributed by atoms with Crippen molar-refractivity contribution in [1.29, 1.82) is 5.26 Å². The van der Waals surface area contributed by atoms with Crippen LogP contribution in [0.2, 0.25) is 0 Å². The molecule has 0 saturated carbocycles. The molecule has 0 amide bonds. The summed E-state index contributed by atoms with van der Waals surface area (Å²) in [7, 11) is 0. The summed E-state index contributed by atoms with van der Waals surface area (Å²) in [5, 5.41) is 14.8. The molecular weight excluding hydrogens is 727 g/mol. The average molecular weight is 774 g/mol. The second-order valence-electron chi connectivity index (χ2n) is 18.2.